The highest BCUT2D eigenvalue weighted by molar-refractivity contribution is 7.98. The van der Waals surface area contributed by atoms with Crippen LogP contribution in [0.15, 0.2) is 53.4 Å². The number of anilines is 1. The Morgan fingerprint density at radius 1 is 1.13 bits per heavy atom. The van der Waals surface area contributed by atoms with E-state index in [1.807, 2.05) is 31.2 Å². The number of sulfone groups is 1. The fraction of sp³-hybridized carbons (Fsp3) is 0.200. The molecule has 4 rings (SSSR count). The molecule has 2 heterocycles. The first-order valence-corrected chi connectivity index (χ1v) is 11.7. The number of nitrogens with zero attached hydrogens (tertiary/aromatic N) is 2. The molecular weight excluding hydrogens is 432 g/mol. The monoisotopic (exact) mass is 449 g/mol. The van der Waals surface area contributed by atoms with Crippen LogP contribution in [0.1, 0.15) is 27.2 Å². The predicted molar refractivity (Wildman–Crippen MR) is 111 cm³/mol. The number of hydrogen-bond acceptors (Lipinski definition) is 5. The molecule has 156 valence electrons. The van der Waals surface area contributed by atoms with Gasteiger partial charge in [-0.3, -0.25) is 4.79 Å². The van der Waals surface area contributed by atoms with Gasteiger partial charge in [-0.05, 0) is 30.7 Å². The smallest absolute Gasteiger partial charge is 0.306 e. The van der Waals surface area contributed by atoms with Crippen LogP contribution in [-0.4, -0.2) is 29.9 Å². The maximum atomic E-state index is 13.1. The summed E-state index contributed by atoms with van der Waals surface area (Å²) >= 11 is 1.64. The number of para-hydroxylation sites is 1. The fourth-order valence-corrected chi connectivity index (χ4v) is 5.25. The van der Waals surface area contributed by atoms with Crippen molar-refractivity contribution in [2.45, 2.75) is 29.1 Å². The second-order valence-corrected chi connectivity index (χ2v) is 9.59. The van der Waals surface area contributed by atoms with E-state index in [1.165, 1.54) is 18.2 Å². The number of benzene rings is 2. The standard InChI is InChI=1S/C20H17F2N3O3S2/c1-12-6-2-4-8-16(12)25-18(14-10-29-11-15(14)24-25)23-19(26)13-7-3-5-9-17(13)30(27,28)20(21)22/h2-9,20H,10-11H2,1H3,(H,23,26). The first kappa shape index (κ1) is 20.5. The number of hydrogen-bond donors (Lipinski definition) is 1. The lowest BCUT2D eigenvalue weighted by Gasteiger charge is -2.14. The number of amides is 1. The predicted octanol–water partition coefficient (Wildman–Crippen LogP) is 4.18. The van der Waals surface area contributed by atoms with E-state index in [-0.39, 0.29) is 5.56 Å². The first-order valence-electron chi connectivity index (χ1n) is 8.97. The molecule has 0 fully saturated rings. The second kappa shape index (κ2) is 7.84. The van der Waals surface area contributed by atoms with Crippen LogP contribution < -0.4 is 5.32 Å². The number of nitrogens with one attached hydrogen (secondary N) is 1. The van der Waals surface area contributed by atoms with Crippen LogP contribution in [0.4, 0.5) is 14.6 Å². The number of aromatic nitrogens is 2. The molecule has 0 atom stereocenters. The maximum Gasteiger partial charge on any atom is 0.341 e. The van der Waals surface area contributed by atoms with Crippen molar-refractivity contribution in [3.05, 3.63) is 70.9 Å². The van der Waals surface area contributed by atoms with Gasteiger partial charge in [0.1, 0.15) is 5.82 Å². The summed E-state index contributed by atoms with van der Waals surface area (Å²) in [7, 11) is -4.93. The Hall–Kier alpha value is -2.72. The molecule has 1 aliphatic heterocycles. The van der Waals surface area contributed by atoms with Crippen LogP contribution >= 0.6 is 11.8 Å². The summed E-state index contributed by atoms with van der Waals surface area (Å²) in [6.45, 7) is 1.91. The van der Waals surface area contributed by atoms with E-state index < -0.39 is 26.4 Å². The highest BCUT2D eigenvalue weighted by Gasteiger charge is 2.32. The summed E-state index contributed by atoms with van der Waals surface area (Å²) in [4.78, 5) is 12.3. The van der Waals surface area contributed by atoms with Crippen molar-refractivity contribution >= 4 is 33.3 Å². The Balaban J connectivity index is 1.79. The minimum atomic E-state index is -4.93. The molecule has 30 heavy (non-hydrogen) atoms. The molecule has 1 aromatic heterocycles. The molecule has 1 N–H and O–H groups in total. The van der Waals surface area contributed by atoms with E-state index in [1.54, 1.807) is 16.4 Å². The summed E-state index contributed by atoms with van der Waals surface area (Å²) in [6, 6.07) is 12.5. The normalized spacial score (nSPS) is 13.5. The number of carbonyl (C=O) groups is 1. The van der Waals surface area contributed by atoms with Crippen molar-refractivity contribution in [2.24, 2.45) is 0 Å². The Labute approximate surface area is 176 Å². The molecule has 10 heteroatoms. The first-order chi connectivity index (χ1) is 14.3. The van der Waals surface area contributed by atoms with Crippen LogP contribution in [0.25, 0.3) is 5.69 Å². The average molecular weight is 450 g/mol. The van der Waals surface area contributed by atoms with E-state index in [0.717, 1.165) is 28.6 Å². The number of fused-ring (bicyclic) bond motifs is 1. The van der Waals surface area contributed by atoms with Crippen molar-refractivity contribution in [3.8, 4) is 5.69 Å². The molecule has 1 amide bonds. The minimum Gasteiger partial charge on any atom is -0.306 e. The molecule has 0 saturated carbocycles. The van der Waals surface area contributed by atoms with Gasteiger partial charge in [-0.25, -0.2) is 13.1 Å². The van der Waals surface area contributed by atoms with Crippen molar-refractivity contribution in [1.82, 2.24) is 9.78 Å². The summed E-state index contributed by atoms with van der Waals surface area (Å²) in [6.07, 6.45) is 0. The van der Waals surface area contributed by atoms with Gasteiger partial charge < -0.3 is 5.32 Å². The molecular formula is C20H17F2N3O3S2. The number of halogens is 2. The number of aryl methyl sites for hydroxylation is 1. The van der Waals surface area contributed by atoms with Crippen molar-refractivity contribution in [3.63, 3.8) is 0 Å². The Bertz CT molecular complexity index is 1240. The third kappa shape index (κ3) is 3.50. The van der Waals surface area contributed by atoms with E-state index in [2.05, 4.69) is 10.4 Å². The average Bonchev–Trinajstić information content (AvgIpc) is 3.31. The topological polar surface area (TPSA) is 81.1 Å². The molecule has 6 nitrogen and oxygen atoms in total. The van der Waals surface area contributed by atoms with Gasteiger partial charge in [0.15, 0.2) is 0 Å². The third-order valence-corrected chi connectivity index (χ3v) is 7.21. The van der Waals surface area contributed by atoms with Crippen LogP contribution in [0.3, 0.4) is 0 Å². The Morgan fingerprint density at radius 3 is 2.57 bits per heavy atom. The molecule has 0 aliphatic carbocycles. The number of thioether (sulfide) groups is 1. The minimum absolute atomic E-state index is 0.338. The van der Waals surface area contributed by atoms with Crippen LogP contribution in [0.5, 0.6) is 0 Å². The van der Waals surface area contributed by atoms with Gasteiger partial charge in [0.05, 0.1) is 21.8 Å². The van der Waals surface area contributed by atoms with Crippen molar-refractivity contribution in [2.75, 3.05) is 5.32 Å². The molecule has 0 bridgehead atoms. The highest BCUT2D eigenvalue weighted by Crippen LogP contribution is 2.37. The van der Waals surface area contributed by atoms with Crippen LogP contribution in [0, 0.1) is 6.92 Å². The lowest BCUT2D eigenvalue weighted by molar-refractivity contribution is 0.102. The SMILES string of the molecule is Cc1ccccc1-n1nc2c(c1NC(=O)c1ccccc1S(=O)(=O)C(F)F)CSC2. The Kier molecular flexibility index (Phi) is 5.37. The highest BCUT2D eigenvalue weighted by atomic mass is 32.2. The lowest BCUT2D eigenvalue weighted by atomic mass is 10.2. The van der Waals surface area contributed by atoms with Gasteiger partial charge in [-0.1, -0.05) is 30.3 Å². The number of alkyl halides is 2. The zero-order chi connectivity index (χ0) is 21.5. The molecule has 0 spiro atoms. The zero-order valence-electron chi connectivity index (χ0n) is 15.8. The van der Waals surface area contributed by atoms with Crippen molar-refractivity contribution in [1.29, 1.82) is 0 Å². The van der Waals surface area contributed by atoms with Gasteiger partial charge in [-0.15, -0.1) is 0 Å². The summed E-state index contributed by atoms with van der Waals surface area (Å²) in [5, 5.41) is 7.33. The van der Waals surface area contributed by atoms with E-state index in [9.17, 15) is 22.0 Å². The molecule has 0 unspecified atom stereocenters. The maximum absolute atomic E-state index is 13.1. The number of carbonyl (C=O) groups excluding carboxylic acids is 1. The lowest BCUT2D eigenvalue weighted by Crippen LogP contribution is -2.21. The molecule has 2 aromatic carbocycles. The largest absolute Gasteiger partial charge is 0.341 e. The third-order valence-electron chi connectivity index (χ3n) is 4.80. The van der Waals surface area contributed by atoms with Crippen LogP contribution in [0.2, 0.25) is 0 Å². The summed E-state index contributed by atoms with van der Waals surface area (Å²) in [5.41, 5.74) is 3.02. The van der Waals surface area contributed by atoms with Gasteiger partial charge in [0, 0.05) is 17.1 Å². The van der Waals surface area contributed by atoms with Gasteiger partial charge in [0.25, 0.3) is 5.91 Å². The van der Waals surface area contributed by atoms with Crippen LogP contribution in [-0.2, 0) is 21.3 Å². The molecule has 0 saturated heterocycles. The van der Waals surface area contributed by atoms with E-state index in [4.69, 9.17) is 0 Å². The summed E-state index contributed by atoms with van der Waals surface area (Å²) < 4.78 is 51.9. The zero-order valence-corrected chi connectivity index (χ0v) is 17.4. The van der Waals surface area contributed by atoms with Crippen molar-refractivity contribution < 1.29 is 22.0 Å². The second-order valence-electron chi connectivity index (χ2n) is 6.72. The van der Waals surface area contributed by atoms with E-state index in [0.29, 0.717) is 17.3 Å². The fourth-order valence-electron chi connectivity index (χ4n) is 3.29. The molecule has 3 aromatic rings. The molecule has 1 aliphatic rings. The van der Waals surface area contributed by atoms with E-state index >= 15 is 0 Å². The quantitative estimate of drug-likeness (QED) is 0.632. The Morgan fingerprint density at radius 2 is 1.83 bits per heavy atom. The van der Waals surface area contributed by atoms with Gasteiger partial charge >= 0.3 is 5.76 Å². The molecule has 0 radical (unpaired) electrons. The van der Waals surface area contributed by atoms with Gasteiger partial charge in [-0.2, -0.15) is 25.6 Å². The van der Waals surface area contributed by atoms with Gasteiger partial charge in [0.2, 0.25) is 9.84 Å². The summed E-state index contributed by atoms with van der Waals surface area (Å²) in [5.74, 6) is -2.67. The number of rotatable bonds is 5.